The fourth-order valence-electron chi connectivity index (χ4n) is 1.84. The van der Waals surface area contributed by atoms with E-state index in [9.17, 15) is 10.1 Å². The molecule has 1 aromatic rings. The van der Waals surface area contributed by atoms with Crippen molar-refractivity contribution in [1.29, 1.82) is 0 Å². The van der Waals surface area contributed by atoms with Gasteiger partial charge in [-0.2, -0.15) is 0 Å². The van der Waals surface area contributed by atoms with Gasteiger partial charge in [0.25, 0.3) is 5.69 Å². The minimum Gasteiger partial charge on any atom is -0.379 e. The van der Waals surface area contributed by atoms with Gasteiger partial charge in [0.05, 0.1) is 4.92 Å². The van der Waals surface area contributed by atoms with E-state index in [1.807, 2.05) is 13.0 Å². The van der Waals surface area contributed by atoms with Gasteiger partial charge in [0, 0.05) is 12.6 Å². The molecule has 0 heterocycles. The smallest absolute Gasteiger partial charge is 0.292 e. The molecule has 0 saturated heterocycles. The van der Waals surface area contributed by atoms with Crippen LogP contribution in [0.4, 0.5) is 11.4 Å². The Morgan fingerprint density at radius 2 is 2.06 bits per heavy atom. The highest BCUT2D eigenvalue weighted by molar-refractivity contribution is 5.62. The minimum atomic E-state index is -0.330. The molecule has 0 aromatic heterocycles. The van der Waals surface area contributed by atoms with E-state index in [2.05, 4.69) is 19.2 Å². The van der Waals surface area contributed by atoms with Crippen LogP contribution in [-0.4, -0.2) is 11.5 Å². The maximum absolute atomic E-state index is 10.9. The molecule has 0 radical (unpaired) electrons. The number of nitro benzene ring substituents is 1. The van der Waals surface area contributed by atoms with Gasteiger partial charge in [0.15, 0.2) is 0 Å². The SMILES string of the molecule is Cc1ccc(NCCCCC(C)C)c([N+](=O)[O-])c1. The predicted molar refractivity (Wildman–Crippen MR) is 75.0 cm³/mol. The van der Waals surface area contributed by atoms with Crippen LogP contribution in [0.2, 0.25) is 0 Å². The molecule has 1 aromatic carbocycles. The summed E-state index contributed by atoms with van der Waals surface area (Å²) in [5.74, 6) is 0.721. The lowest BCUT2D eigenvalue weighted by molar-refractivity contribution is -0.384. The number of nitrogens with one attached hydrogen (secondary N) is 1. The third-order valence-electron chi connectivity index (χ3n) is 2.87. The molecule has 0 spiro atoms. The van der Waals surface area contributed by atoms with Crippen LogP contribution in [0.1, 0.15) is 38.7 Å². The fourth-order valence-corrected chi connectivity index (χ4v) is 1.84. The summed E-state index contributed by atoms with van der Waals surface area (Å²) in [5, 5.41) is 14.1. The van der Waals surface area contributed by atoms with Crippen molar-refractivity contribution in [1.82, 2.24) is 0 Å². The molecule has 0 aliphatic rings. The first-order valence-electron chi connectivity index (χ1n) is 6.49. The van der Waals surface area contributed by atoms with Gasteiger partial charge in [-0.1, -0.05) is 32.8 Å². The van der Waals surface area contributed by atoms with Crippen LogP contribution in [0.25, 0.3) is 0 Å². The van der Waals surface area contributed by atoms with Crippen molar-refractivity contribution in [2.24, 2.45) is 5.92 Å². The van der Waals surface area contributed by atoms with Gasteiger partial charge in [-0.15, -0.1) is 0 Å². The summed E-state index contributed by atoms with van der Waals surface area (Å²) in [7, 11) is 0. The molecule has 4 heteroatoms. The fraction of sp³-hybridized carbons (Fsp3) is 0.571. The lowest BCUT2D eigenvalue weighted by Gasteiger charge is -2.08. The van der Waals surface area contributed by atoms with Crippen LogP contribution in [0.3, 0.4) is 0 Å². The zero-order chi connectivity index (χ0) is 13.5. The molecular formula is C14H22N2O2. The number of unbranched alkanes of at least 4 members (excludes halogenated alkanes) is 1. The van der Waals surface area contributed by atoms with Crippen molar-refractivity contribution in [3.05, 3.63) is 33.9 Å². The number of rotatable bonds is 7. The lowest BCUT2D eigenvalue weighted by atomic mass is 10.1. The van der Waals surface area contributed by atoms with Gasteiger partial charge in [-0.05, 0) is 30.9 Å². The zero-order valence-corrected chi connectivity index (χ0v) is 11.4. The monoisotopic (exact) mass is 250 g/mol. The Labute approximate surface area is 109 Å². The number of hydrogen-bond acceptors (Lipinski definition) is 3. The van der Waals surface area contributed by atoms with Crippen LogP contribution in [0.15, 0.2) is 18.2 Å². The maximum Gasteiger partial charge on any atom is 0.292 e. The Bertz CT molecular complexity index is 403. The number of nitro groups is 1. The Balaban J connectivity index is 2.49. The number of aryl methyl sites for hydroxylation is 1. The number of benzene rings is 1. The Hall–Kier alpha value is -1.58. The summed E-state index contributed by atoms with van der Waals surface area (Å²) in [6.45, 7) is 7.06. The van der Waals surface area contributed by atoms with E-state index in [1.165, 1.54) is 6.42 Å². The lowest BCUT2D eigenvalue weighted by Crippen LogP contribution is -2.05. The van der Waals surface area contributed by atoms with E-state index in [1.54, 1.807) is 12.1 Å². The van der Waals surface area contributed by atoms with Gasteiger partial charge in [0.1, 0.15) is 5.69 Å². The summed E-state index contributed by atoms with van der Waals surface area (Å²) in [4.78, 5) is 10.6. The van der Waals surface area contributed by atoms with E-state index in [4.69, 9.17) is 0 Å². The largest absolute Gasteiger partial charge is 0.379 e. The van der Waals surface area contributed by atoms with Crippen molar-refractivity contribution in [2.45, 2.75) is 40.0 Å². The van der Waals surface area contributed by atoms with Crippen molar-refractivity contribution in [2.75, 3.05) is 11.9 Å². The molecule has 0 aliphatic carbocycles. The molecule has 0 saturated carbocycles. The van der Waals surface area contributed by atoms with Crippen LogP contribution in [0, 0.1) is 23.0 Å². The van der Waals surface area contributed by atoms with E-state index in [-0.39, 0.29) is 10.6 Å². The first-order valence-corrected chi connectivity index (χ1v) is 6.49. The molecule has 4 nitrogen and oxygen atoms in total. The molecule has 0 atom stereocenters. The normalized spacial score (nSPS) is 10.7. The summed E-state index contributed by atoms with van der Waals surface area (Å²) in [5.41, 5.74) is 1.70. The topological polar surface area (TPSA) is 55.2 Å². The summed E-state index contributed by atoms with van der Waals surface area (Å²) in [6, 6.07) is 5.29. The van der Waals surface area contributed by atoms with Crippen molar-refractivity contribution in [3.8, 4) is 0 Å². The average Bonchev–Trinajstić information content (AvgIpc) is 2.29. The zero-order valence-electron chi connectivity index (χ0n) is 11.4. The Kier molecular flexibility index (Phi) is 5.62. The standard InChI is InChI=1S/C14H22N2O2/c1-11(2)6-4-5-9-15-13-8-7-12(3)10-14(13)16(17)18/h7-8,10-11,15H,4-6,9H2,1-3H3. The van der Waals surface area contributed by atoms with Crippen molar-refractivity contribution >= 4 is 11.4 Å². The molecule has 1 N–H and O–H groups in total. The Morgan fingerprint density at radius 1 is 1.33 bits per heavy atom. The van der Waals surface area contributed by atoms with Crippen LogP contribution < -0.4 is 5.32 Å². The van der Waals surface area contributed by atoms with E-state index in [0.29, 0.717) is 5.69 Å². The van der Waals surface area contributed by atoms with Gasteiger partial charge < -0.3 is 5.32 Å². The summed E-state index contributed by atoms with van der Waals surface area (Å²) < 4.78 is 0. The summed E-state index contributed by atoms with van der Waals surface area (Å²) >= 11 is 0. The first kappa shape index (κ1) is 14.5. The number of nitrogens with zero attached hydrogens (tertiary/aromatic N) is 1. The van der Waals surface area contributed by atoms with Crippen LogP contribution in [0.5, 0.6) is 0 Å². The van der Waals surface area contributed by atoms with Gasteiger partial charge in [-0.3, -0.25) is 10.1 Å². The minimum absolute atomic E-state index is 0.166. The first-order chi connectivity index (χ1) is 8.50. The highest BCUT2D eigenvalue weighted by Gasteiger charge is 2.12. The molecule has 0 amide bonds. The predicted octanol–water partition coefficient (Wildman–Crippen LogP) is 4.14. The van der Waals surface area contributed by atoms with E-state index < -0.39 is 0 Å². The van der Waals surface area contributed by atoms with E-state index in [0.717, 1.165) is 30.9 Å². The second-order valence-corrected chi connectivity index (χ2v) is 5.09. The molecule has 0 unspecified atom stereocenters. The number of hydrogen-bond donors (Lipinski definition) is 1. The molecular weight excluding hydrogens is 228 g/mol. The van der Waals surface area contributed by atoms with Crippen LogP contribution in [-0.2, 0) is 0 Å². The van der Waals surface area contributed by atoms with E-state index >= 15 is 0 Å². The third kappa shape index (κ3) is 4.73. The molecule has 18 heavy (non-hydrogen) atoms. The maximum atomic E-state index is 10.9. The molecule has 1 rings (SSSR count). The van der Waals surface area contributed by atoms with Crippen molar-refractivity contribution in [3.63, 3.8) is 0 Å². The second kappa shape index (κ2) is 6.99. The molecule has 0 fully saturated rings. The summed E-state index contributed by atoms with van der Waals surface area (Å²) in [6.07, 6.45) is 3.41. The molecule has 0 aliphatic heterocycles. The molecule has 0 bridgehead atoms. The van der Waals surface area contributed by atoms with Gasteiger partial charge in [0.2, 0.25) is 0 Å². The number of anilines is 1. The third-order valence-corrected chi connectivity index (χ3v) is 2.87. The average molecular weight is 250 g/mol. The Morgan fingerprint density at radius 3 is 2.67 bits per heavy atom. The molecule has 100 valence electrons. The second-order valence-electron chi connectivity index (χ2n) is 5.09. The highest BCUT2D eigenvalue weighted by atomic mass is 16.6. The van der Waals surface area contributed by atoms with Gasteiger partial charge >= 0.3 is 0 Å². The van der Waals surface area contributed by atoms with Crippen molar-refractivity contribution < 1.29 is 4.92 Å². The quantitative estimate of drug-likeness (QED) is 0.449. The highest BCUT2D eigenvalue weighted by Crippen LogP contribution is 2.25. The van der Waals surface area contributed by atoms with Crippen LogP contribution >= 0.6 is 0 Å². The van der Waals surface area contributed by atoms with Gasteiger partial charge in [-0.25, -0.2) is 0 Å².